The Balaban J connectivity index is 1.66. The van der Waals surface area contributed by atoms with Crippen molar-refractivity contribution in [2.24, 2.45) is 5.92 Å². The molecule has 2 aromatic carbocycles. The number of pyridine rings is 1. The lowest BCUT2D eigenvalue weighted by molar-refractivity contribution is -0.287. The number of ketones is 1. The number of hydrogen-bond acceptors (Lipinski definition) is 5. The zero-order valence-electron chi connectivity index (χ0n) is 17.6. The highest BCUT2D eigenvalue weighted by Gasteiger charge is 2.66. The second-order valence-corrected chi connectivity index (χ2v) is 7.77. The molecule has 7 nitrogen and oxygen atoms in total. The van der Waals surface area contributed by atoms with Gasteiger partial charge in [-0.1, -0.05) is 42.5 Å². The van der Waals surface area contributed by atoms with Gasteiger partial charge in [0.1, 0.15) is 18.3 Å². The van der Waals surface area contributed by atoms with E-state index in [4.69, 9.17) is 4.74 Å². The van der Waals surface area contributed by atoms with Crippen molar-refractivity contribution in [2.45, 2.75) is 24.6 Å². The number of alkyl halides is 3. The normalized spacial score (nSPS) is 22.4. The predicted octanol–water partition coefficient (Wildman–Crippen LogP) is 3.76. The number of halogens is 3. The minimum atomic E-state index is -5.33. The maximum Gasteiger partial charge on any atom is 0.437 e. The number of nitrogens with one attached hydrogen (secondary N) is 2. The number of nitrogens with zero attached hydrogens (tertiary/aromatic N) is 1. The molecule has 1 aliphatic rings. The second kappa shape index (κ2) is 9.14. The van der Waals surface area contributed by atoms with Crippen LogP contribution in [0.15, 0.2) is 79.1 Å². The molecule has 2 amide bonds. The Morgan fingerprint density at radius 3 is 2.38 bits per heavy atom. The molecule has 3 unspecified atom stereocenters. The predicted molar refractivity (Wildman–Crippen MR) is 115 cm³/mol. The highest BCUT2D eigenvalue weighted by Crippen LogP contribution is 2.44. The van der Waals surface area contributed by atoms with Crippen molar-refractivity contribution in [3.63, 3.8) is 0 Å². The smallest absolute Gasteiger partial charge is 0.437 e. The monoisotopic (exact) mass is 471 g/mol. The average Bonchev–Trinajstić information content (AvgIpc) is 2.83. The fourth-order valence-corrected chi connectivity index (χ4v) is 3.82. The molecule has 0 radical (unpaired) electrons. The van der Waals surface area contributed by atoms with E-state index in [1.165, 1.54) is 47.9 Å². The van der Waals surface area contributed by atoms with Crippen LogP contribution in [0.1, 0.15) is 27.5 Å². The van der Waals surface area contributed by atoms with Crippen LogP contribution < -0.4 is 15.4 Å². The number of amides is 2. The molecule has 0 saturated carbocycles. The summed E-state index contributed by atoms with van der Waals surface area (Å²) in [7, 11) is 0. The average molecular weight is 471 g/mol. The van der Waals surface area contributed by atoms with E-state index in [-0.39, 0.29) is 17.7 Å². The van der Waals surface area contributed by atoms with Crippen molar-refractivity contribution < 1.29 is 32.6 Å². The first-order valence-electron chi connectivity index (χ1n) is 10.3. The van der Waals surface area contributed by atoms with Gasteiger partial charge in [0.15, 0.2) is 5.78 Å². The van der Waals surface area contributed by atoms with E-state index in [2.05, 4.69) is 10.3 Å². The van der Waals surface area contributed by atoms with Crippen molar-refractivity contribution in [1.82, 2.24) is 15.6 Å². The van der Waals surface area contributed by atoms with E-state index in [0.29, 0.717) is 5.75 Å². The number of benzene rings is 2. The fraction of sp³-hybridized carbons (Fsp3) is 0.208. The number of aliphatic hydroxyl groups is 1. The summed E-state index contributed by atoms with van der Waals surface area (Å²) >= 11 is 0. The van der Waals surface area contributed by atoms with Crippen molar-refractivity contribution in [1.29, 1.82) is 0 Å². The van der Waals surface area contributed by atoms with Gasteiger partial charge in [-0.05, 0) is 35.4 Å². The third kappa shape index (κ3) is 4.58. The summed E-state index contributed by atoms with van der Waals surface area (Å²) in [5.41, 5.74) is -2.82. The maximum atomic E-state index is 14.0. The van der Waals surface area contributed by atoms with E-state index >= 15 is 0 Å². The summed E-state index contributed by atoms with van der Waals surface area (Å²) in [5.74, 6) is -2.71. The molecule has 3 atom stereocenters. The lowest BCUT2D eigenvalue weighted by atomic mass is 9.77. The minimum Gasteiger partial charge on any atom is -0.489 e. The summed E-state index contributed by atoms with van der Waals surface area (Å²) in [4.78, 5) is 29.0. The van der Waals surface area contributed by atoms with E-state index in [1.807, 2.05) is 30.3 Å². The largest absolute Gasteiger partial charge is 0.489 e. The SMILES string of the molecule is O=C1NC(c2ccc(OCc3ccccc3)cc2)C(C(=O)c2cccnc2)C(O)(C(F)(F)F)N1. The van der Waals surface area contributed by atoms with Crippen molar-refractivity contribution in [3.8, 4) is 5.75 Å². The van der Waals surface area contributed by atoms with Gasteiger partial charge >= 0.3 is 12.2 Å². The van der Waals surface area contributed by atoms with Gasteiger partial charge in [-0.25, -0.2) is 4.79 Å². The molecule has 1 aliphatic heterocycles. The van der Waals surface area contributed by atoms with E-state index in [0.717, 1.165) is 11.8 Å². The summed E-state index contributed by atoms with van der Waals surface area (Å²) in [5, 5.41) is 14.4. The van der Waals surface area contributed by atoms with Crippen LogP contribution in [0.25, 0.3) is 0 Å². The molecule has 0 bridgehead atoms. The molecule has 3 N–H and O–H groups in total. The molecule has 10 heteroatoms. The molecule has 0 spiro atoms. The molecular weight excluding hydrogens is 451 g/mol. The highest BCUT2D eigenvalue weighted by molar-refractivity contribution is 6.00. The van der Waals surface area contributed by atoms with Gasteiger partial charge in [0, 0.05) is 18.0 Å². The van der Waals surface area contributed by atoms with Crippen LogP contribution in [-0.2, 0) is 6.61 Å². The second-order valence-electron chi connectivity index (χ2n) is 7.77. The molecule has 0 aliphatic carbocycles. The number of hydrogen-bond donors (Lipinski definition) is 3. The number of urea groups is 1. The molecule has 1 saturated heterocycles. The third-order valence-electron chi connectivity index (χ3n) is 5.52. The van der Waals surface area contributed by atoms with Crippen LogP contribution in [0, 0.1) is 5.92 Å². The number of Topliss-reactive ketones (excluding diaryl/α,β-unsaturated/α-hetero) is 1. The molecule has 176 valence electrons. The molecule has 1 aromatic heterocycles. The zero-order valence-corrected chi connectivity index (χ0v) is 17.6. The van der Waals surface area contributed by atoms with Gasteiger partial charge in [-0.3, -0.25) is 9.78 Å². The maximum absolute atomic E-state index is 14.0. The summed E-state index contributed by atoms with van der Waals surface area (Å²) in [6, 6.07) is 15.2. The van der Waals surface area contributed by atoms with Gasteiger partial charge in [0.05, 0.1) is 6.04 Å². The van der Waals surface area contributed by atoms with Crippen LogP contribution in [0.4, 0.5) is 18.0 Å². The van der Waals surface area contributed by atoms with Gasteiger partial charge < -0.3 is 20.5 Å². The number of carbonyl (C=O) groups is 2. The minimum absolute atomic E-state index is 0.138. The number of rotatable bonds is 6. The molecule has 34 heavy (non-hydrogen) atoms. The van der Waals surface area contributed by atoms with Crippen LogP contribution in [-0.4, -0.2) is 33.8 Å². The fourth-order valence-electron chi connectivity index (χ4n) is 3.82. The highest BCUT2D eigenvalue weighted by atomic mass is 19.4. The summed E-state index contributed by atoms with van der Waals surface area (Å²) in [6.45, 7) is 0.278. The Morgan fingerprint density at radius 1 is 1.06 bits per heavy atom. The first kappa shape index (κ1) is 23.2. The van der Waals surface area contributed by atoms with Crippen molar-refractivity contribution in [3.05, 3.63) is 95.8 Å². The van der Waals surface area contributed by atoms with Crippen LogP contribution in [0.5, 0.6) is 5.75 Å². The summed E-state index contributed by atoms with van der Waals surface area (Å²) < 4.78 is 47.6. The van der Waals surface area contributed by atoms with Crippen LogP contribution in [0.3, 0.4) is 0 Å². The van der Waals surface area contributed by atoms with E-state index in [1.54, 1.807) is 0 Å². The molecule has 1 fully saturated rings. The van der Waals surface area contributed by atoms with Gasteiger partial charge in [0.2, 0.25) is 5.72 Å². The van der Waals surface area contributed by atoms with E-state index < -0.39 is 35.7 Å². The van der Waals surface area contributed by atoms with Crippen molar-refractivity contribution in [2.75, 3.05) is 0 Å². The summed E-state index contributed by atoms with van der Waals surface area (Å²) in [6.07, 6.45) is -2.86. The van der Waals surface area contributed by atoms with Crippen molar-refractivity contribution >= 4 is 11.8 Å². The molecular formula is C24H20F3N3O4. The topological polar surface area (TPSA) is 101 Å². The first-order valence-corrected chi connectivity index (χ1v) is 10.3. The number of ether oxygens (including phenoxy) is 1. The zero-order chi connectivity index (χ0) is 24.3. The lowest BCUT2D eigenvalue weighted by Crippen LogP contribution is -2.72. The van der Waals surface area contributed by atoms with Crippen LogP contribution >= 0.6 is 0 Å². The Hall–Kier alpha value is -3.92. The van der Waals surface area contributed by atoms with Gasteiger partial charge in [-0.15, -0.1) is 0 Å². The standard InChI is InChI=1S/C24H20F3N3O4/c25-24(26,27)23(33)19(21(31)17-7-4-12-28-13-17)20(29-22(32)30-23)16-8-10-18(11-9-16)34-14-15-5-2-1-3-6-15/h1-13,19-20,33H,14H2,(H2,29,30,32). The Labute approximate surface area is 192 Å². The lowest BCUT2D eigenvalue weighted by Gasteiger charge is -2.45. The van der Waals surface area contributed by atoms with Crippen LogP contribution in [0.2, 0.25) is 0 Å². The van der Waals surface area contributed by atoms with Gasteiger partial charge in [0.25, 0.3) is 0 Å². The quantitative estimate of drug-likeness (QED) is 0.476. The van der Waals surface area contributed by atoms with Gasteiger partial charge in [-0.2, -0.15) is 13.2 Å². The number of aromatic nitrogens is 1. The molecule has 2 heterocycles. The molecule has 4 rings (SSSR count). The van der Waals surface area contributed by atoms with E-state index in [9.17, 15) is 27.9 Å². The number of carbonyl (C=O) groups excluding carboxylic acids is 2. The molecule has 3 aromatic rings. The third-order valence-corrected chi connectivity index (χ3v) is 5.52. The Morgan fingerprint density at radius 2 is 1.76 bits per heavy atom. The Bertz CT molecular complexity index is 1160. The Kier molecular flexibility index (Phi) is 6.25. The first-order chi connectivity index (χ1) is 16.2.